The molecule has 4 aromatic carbocycles. The lowest BCUT2D eigenvalue weighted by molar-refractivity contribution is 0.0725. The summed E-state index contributed by atoms with van der Waals surface area (Å²) in [6.07, 6.45) is 24.3. The number of pyridine rings is 3. The summed E-state index contributed by atoms with van der Waals surface area (Å²) in [7, 11) is 0. The monoisotopic (exact) mass is 962 g/mol. The van der Waals surface area contributed by atoms with Crippen LogP contribution >= 0.6 is 0 Å². The van der Waals surface area contributed by atoms with Crippen LogP contribution in [-0.4, -0.2) is 40.1 Å². The second-order valence-electron chi connectivity index (χ2n) is 19.2. The van der Waals surface area contributed by atoms with E-state index in [-0.39, 0.29) is 0 Å². The Morgan fingerprint density at radius 1 is 0.431 bits per heavy atom. The Kier molecular flexibility index (Phi) is 17.2. The van der Waals surface area contributed by atoms with Crippen LogP contribution in [0.3, 0.4) is 0 Å². The minimum Gasteiger partial charge on any atom is -0.494 e. The smallest absolute Gasteiger partial charge is 0.343 e. The molecule has 2 aliphatic carbocycles. The van der Waals surface area contributed by atoms with Gasteiger partial charge in [0.1, 0.15) is 23.0 Å². The van der Waals surface area contributed by atoms with Gasteiger partial charge in [-0.15, -0.1) is 0 Å². The predicted molar refractivity (Wildman–Crippen MR) is 286 cm³/mol. The Hall–Kier alpha value is -7.13. The number of hydrogen-bond acceptors (Lipinski definition) is 9. The van der Waals surface area contributed by atoms with Gasteiger partial charge >= 0.3 is 11.9 Å². The van der Waals surface area contributed by atoms with E-state index in [1.807, 2.05) is 85.2 Å². The van der Waals surface area contributed by atoms with Crippen LogP contribution in [0.1, 0.15) is 147 Å². The van der Waals surface area contributed by atoms with E-state index < -0.39 is 11.9 Å². The molecule has 9 rings (SSSR count). The molecule has 7 aromatic rings. The number of hydrogen-bond donors (Lipinski definition) is 0. The van der Waals surface area contributed by atoms with Crippen LogP contribution < -0.4 is 18.9 Å². The fraction of sp³-hybridized carbons (Fsp3) is 0.349. The quantitative estimate of drug-likeness (QED) is 0.0332. The van der Waals surface area contributed by atoms with Gasteiger partial charge in [-0.2, -0.15) is 0 Å². The Morgan fingerprint density at radius 3 is 1.22 bits per heavy atom. The highest BCUT2D eigenvalue weighted by Crippen LogP contribution is 2.40. The van der Waals surface area contributed by atoms with Gasteiger partial charge in [0.25, 0.3) is 0 Å². The second kappa shape index (κ2) is 24.8. The molecule has 0 fully saturated rings. The number of carbonyl (C=O) groups excluding carboxylic acids is 2. The van der Waals surface area contributed by atoms with Crippen molar-refractivity contribution in [1.82, 2.24) is 15.0 Å². The first kappa shape index (κ1) is 49.8. The Bertz CT molecular complexity index is 2720. The van der Waals surface area contributed by atoms with Crippen LogP contribution in [0.25, 0.3) is 45.0 Å². The van der Waals surface area contributed by atoms with Gasteiger partial charge < -0.3 is 18.9 Å². The minimum absolute atomic E-state index is 0.405. The molecule has 0 spiro atoms. The molecule has 0 saturated heterocycles. The zero-order valence-corrected chi connectivity index (χ0v) is 42.1. The summed E-state index contributed by atoms with van der Waals surface area (Å²) in [5.74, 6) is 1.68. The van der Waals surface area contributed by atoms with Gasteiger partial charge in [-0.05, 0) is 170 Å². The van der Waals surface area contributed by atoms with Crippen LogP contribution in [0.5, 0.6) is 23.0 Å². The van der Waals surface area contributed by atoms with Crippen LogP contribution in [0.2, 0.25) is 0 Å². The van der Waals surface area contributed by atoms with E-state index in [0.717, 1.165) is 108 Å². The van der Waals surface area contributed by atoms with E-state index in [1.165, 1.54) is 86.5 Å². The number of fused-ring (bicyclic) bond motifs is 2. The first-order chi connectivity index (χ1) is 35.4. The molecule has 3 aromatic heterocycles. The number of esters is 2. The third kappa shape index (κ3) is 12.5. The van der Waals surface area contributed by atoms with Crippen molar-refractivity contribution in [3.05, 3.63) is 161 Å². The lowest BCUT2D eigenvalue weighted by atomic mass is 9.96. The molecule has 370 valence electrons. The van der Waals surface area contributed by atoms with Crippen molar-refractivity contribution < 1.29 is 28.5 Å². The van der Waals surface area contributed by atoms with Gasteiger partial charge in [-0.25, -0.2) is 14.6 Å². The van der Waals surface area contributed by atoms with E-state index in [2.05, 4.69) is 32.0 Å². The molecule has 0 radical (unpaired) electrons. The molecule has 0 atom stereocenters. The average molecular weight is 962 g/mol. The fourth-order valence-corrected chi connectivity index (χ4v) is 10.1. The van der Waals surface area contributed by atoms with Crippen LogP contribution in [-0.2, 0) is 25.7 Å². The normalized spacial score (nSPS) is 12.6. The van der Waals surface area contributed by atoms with E-state index in [0.29, 0.717) is 35.8 Å². The molecule has 0 bridgehead atoms. The number of unbranched alkanes of at least 4 members (excludes halogenated alkanes) is 10. The largest absolute Gasteiger partial charge is 0.494 e. The summed E-state index contributed by atoms with van der Waals surface area (Å²) in [5.41, 5.74) is 13.7. The molecule has 72 heavy (non-hydrogen) atoms. The molecule has 0 aliphatic heterocycles. The number of carbonyl (C=O) groups is 2. The standard InChI is InChI=1S/C63H67N3O6/c1-3-5-7-9-11-13-40-69-48-32-28-46(29-33-48)62(67)71-50-36-24-44(25-37-50)56-42-64-60(54-20-15-18-52(54)56)58-22-17-23-59(66-58)61-55-21-16-19-53(55)57(43-65-61)45-26-38-51(39-27-45)72-63(68)47-30-34-49(35-31-47)70-41-14-12-10-8-6-4-2/h17,22-39,42-43H,3-16,18-21,40-41H2,1-2H3. The van der Waals surface area contributed by atoms with Crippen molar-refractivity contribution in [2.45, 2.75) is 129 Å². The zero-order valence-electron chi connectivity index (χ0n) is 42.1. The fourth-order valence-electron chi connectivity index (χ4n) is 10.1. The zero-order chi connectivity index (χ0) is 49.5. The summed E-state index contributed by atoms with van der Waals surface area (Å²) in [4.78, 5) is 41.5. The summed E-state index contributed by atoms with van der Waals surface area (Å²) in [6, 6.07) is 35.9. The highest BCUT2D eigenvalue weighted by atomic mass is 16.5. The summed E-state index contributed by atoms with van der Waals surface area (Å²) in [5, 5.41) is 0. The maximum absolute atomic E-state index is 13.1. The molecule has 0 unspecified atom stereocenters. The summed E-state index contributed by atoms with van der Waals surface area (Å²) in [6.45, 7) is 5.82. The van der Waals surface area contributed by atoms with Crippen molar-refractivity contribution in [3.63, 3.8) is 0 Å². The molecule has 9 heteroatoms. The maximum atomic E-state index is 13.1. The van der Waals surface area contributed by atoms with Gasteiger partial charge in [0.15, 0.2) is 0 Å². The number of rotatable bonds is 24. The number of ether oxygens (including phenoxy) is 4. The summed E-state index contributed by atoms with van der Waals surface area (Å²) >= 11 is 0. The molecule has 3 heterocycles. The molecule has 0 amide bonds. The topological polar surface area (TPSA) is 110 Å². The van der Waals surface area contributed by atoms with Crippen molar-refractivity contribution in [1.29, 1.82) is 0 Å². The molecule has 0 saturated carbocycles. The second-order valence-corrected chi connectivity index (χ2v) is 19.2. The number of aromatic nitrogens is 3. The van der Waals surface area contributed by atoms with Crippen molar-refractivity contribution in [2.75, 3.05) is 13.2 Å². The molecule has 9 nitrogen and oxygen atoms in total. The summed E-state index contributed by atoms with van der Waals surface area (Å²) < 4.78 is 23.3. The van der Waals surface area contributed by atoms with Gasteiger partial charge in [0.05, 0.1) is 47.1 Å². The highest BCUT2D eigenvalue weighted by Gasteiger charge is 2.25. The van der Waals surface area contributed by atoms with Crippen molar-refractivity contribution in [2.24, 2.45) is 0 Å². The first-order valence-corrected chi connectivity index (χ1v) is 26.6. The SMILES string of the molecule is CCCCCCCCOc1ccc(C(=O)Oc2ccc(-c3cnc(-c4cccc(-c5ncc(-c6ccc(OC(=O)c7ccc(OCCCCCCCC)cc7)cc6)c6c5CCC6)n4)c4c3CCC4)cc2)cc1. The Morgan fingerprint density at radius 2 is 0.806 bits per heavy atom. The van der Waals surface area contributed by atoms with E-state index in [4.69, 9.17) is 33.9 Å². The molecular formula is C63H67N3O6. The minimum atomic E-state index is -0.405. The van der Waals surface area contributed by atoms with Crippen LogP contribution in [0.4, 0.5) is 0 Å². The Labute approximate surface area is 425 Å². The Balaban J connectivity index is 0.820. The van der Waals surface area contributed by atoms with Crippen LogP contribution in [0, 0.1) is 0 Å². The van der Waals surface area contributed by atoms with Gasteiger partial charge in [0, 0.05) is 23.5 Å². The third-order valence-corrected chi connectivity index (χ3v) is 14.0. The molecule has 2 aliphatic rings. The number of benzene rings is 4. The number of nitrogens with zero attached hydrogens (tertiary/aromatic N) is 3. The van der Waals surface area contributed by atoms with E-state index in [9.17, 15) is 9.59 Å². The lowest BCUT2D eigenvalue weighted by Crippen LogP contribution is -2.08. The molecular weight excluding hydrogens is 895 g/mol. The van der Waals surface area contributed by atoms with Crippen LogP contribution in [0.15, 0.2) is 128 Å². The predicted octanol–water partition coefficient (Wildman–Crippen LogP) is 15.4. The van der Waals surface area contributed by atoms with Crippen molar-refractivity contribution >= 4 is 11.9 Å². The third-order valence-electron chi connectivity index (χ3n) is 14.0. The average Bonchev–Trinajstić information content (AvgIpc) is 4.13. The van der Waals surface area contributed by atoms with E-state index >= 15 is 0 Å². The molecule has 0 N–H and O–H groups in total. The maximum Gasteiger partial charge on any atom is 0.343 e. The van der Waals surface area contributed by atoms with Crippen molar-refractivity contribution in [3.8, 4) is 68.0 Å². The van der Waals surface area contributed by atoms with E-state index in [1.54, 1.807) is 24.3 Å². The van der Waals surface area contributed by atoms with Gasteiger partial charge in [-0.3, -0.25) is 9.97 Å². The highest BCUT2D eigenvalue weighted by molar-refractivity contribution is 5.92. The lowest BCUT2D eigenvalue weighted by Gasteiger charge is -2.15. The van der Waals surface area contributed by atoms with Gasteiger partial charge in [0.2, 0.25) is 0 Å². The first-order valence-electron chi connectivity index (χ1n) is 26.6. The van der Waals surface area contributed by atoms with Gasteiger partial charge in [-0.1, -0.05) is 108 Å².